The lowest BCUT2D eigenvalue weighted by Crippen LogP contribution is -2.38. The van der Waals surface area contributed by atoms with Crippen LogP contribution in [0.25, 0.3) is 0 Å². The number of rotatable bonds is 5. The van der Waals surface area contributed by atoms with Crippen LogP contribution < -0.4 is 9.64 Å². The average molecular weight is 368 g/mol. The number of nitrogens with zero attached hydrogens (tertiary/aromatic N) is 6. The minimum Gasteiger partial charge on any atom is -0.473 e. The van der Waals surface area contributed by atoms with Gasteiger partial charge in [-0.1, -0.05) is 0 Å². The van der Waals surface area contributed by atoms with E-state index >= 15 is 0 Å². The number of ether oxygens (including phenoxy) is 1. The van der Waals surface area contributed by atoms with Gasteiger partial charge < -0.3 is 9.64 Å². The second-order valence-corrected chi connectivity index (χ2v) is 7.49. The molecule has 0 amide bonds. The summed E-state index contributed by atoms with van der Waals surface area (Å²) in [5.74, 6) is 1.53. The van der Waals surface area contributed by atoms with Crippen LogP contribution in [0.3, 0.4) is 0 Å². The van der Waals surface area contributed by atoms with E-state index in [1.165, 1.54) is 19.3 Å². The molecule has 2 saturated heterocycles. The summed E-state index contributed by atoms with van der Waals surface area (Å²) in [6, 6.07) is 2.12. The van der Waals surface area contributed by atoms with Crippen molar-refractivity contribution in [1.82, 2.24) is 24.8 Å². The zero-order valence-corrected chi connectivity index (χ0v) is 16.0. The summed E-state index contributed by atoms with van der Waals surface area (Å²) < 4.78 is 5.94. The maximum Gasteiger partial charge on any atom is 0.232 e. The molecule has 0 aromatic carbocycles. The topological polar surface area (TPSA) is 67.3 Å². The van der Waals surface area contributed by atoms with E-state index in [0.717, 1.165) is 62.9 Å². The van der Waals surface area contributed by atoms with E-state index in [9.17, 15) is 0 Å². The molecule has 27 heavy (non-hydrogen) atoms. The molecular weight excluding hydrogens is 340 g/mol. The summed E-state index contributed by atoms with van der Waals surface area (Å²) in [7, 11) is 0. The Bertz CT molecular complexity index is 727. The van der Waals surface area contributed by atoms with Gasteiger partial charge in [0.25, 0.3) is 0 Å². The number of hydrogen-bond donors (Lipinski definition) is 0. The number of aromatic nitrogens is 4. The molecular formula is C20H28N6O. The molecule has 7 nitrogen and oxygen atoms in total. The van der Waals surface area contributed by atoms with Gasteiger partial charge in [-0.15, -0.1) is 0 Å². The minimum atomic E-state index is 0.217. The third kappa shape index (κ3) is 4.91. The van der Waals surface area contributed by atoms with Crippen LogP contribution in [0.2, 0.25) is 0 Å². The first-order valence-electron chi connectivity index (χ1n) is 10.0. The Kier molecular flexibility index (Phi) is 5.77. The minimum absolute atomic E-state index is 0.217. The Morgan fingerprint density at radius 2 is 1.85 bits per heavy atom. The van der Waals surface area contributed by atoms with Crippen LogP contribution in [-0.4, -0.2) is 57.1 Å². The lowest BCUT2D eigenvalue weighted by atomic mass is 10.1. The van der Waals surface area contributed by atoms with E-state index in [2.05, 4.69) is 37.7 Å². The van der Waals surface area contributed by atoms with Gasteiger partial charge in [-0.2, -0.15) is 0 Å². The lowest BCUT2D eigenvalue weighted by molar-refractivity contribution is 0.0922. The van der Waals surface area contributed by atoms with Crippen molar-refractivity contribution in [3.05, 3.63) is 36.0 Å². The molecule has 4 rings (SSSR count). The Morgan fingerprint density at radius 3 is 2.59 bits per heavy atom. The molecule has 0 aliphatic carbocycles. The highest BCUT2D eigenvalue weighted by Gasteiger charge is 2.22. The quantitative estimate of drug-likeness (QED) is 0.803. The highest BCUT2D eigenvalue weighted by Crippen LogP contribution is 2.20. The van der Waals surface area contributed by atoms with E-state index in [0.29, 0.717) is 5.88 Å². The van der Waals surface area contributed by atoms with E-state index in [1.807, 2.05) is 0 Å². The largest absolute Gasteiger partial charge is 0.473 e. The zero-order valence-electron chi connectivity index (χ0n) is 16.0. The van der Waals surface area contributed by atoms with Gasteiger partial charge in [0, 0.05) is 50.8 Å². The molecule has 144 valence electrons. The van der Waals surface area contributed by atoms with Crippen LogP contribution in [0.1, 0.15) is 43.5 Å². The lowest BCUT2D eigenvalue weighted by Gasteiger charge is -2.32. The predicted octanol–water partition coefficient (Wildman–Crippen LogP) is 2.61. The monoisotopic (exact) mass is 368 g/mol. The van der Waals surface area contributed by atoms with Crippen LogP contribution in [0.15, 0.2) is 24.7 Å². The highest BCUT2D eigenvalue weighted by molar-refractivity contribution is 5.32. The van der Waals surface area contributed by atoms with Gasteiger partial charge >= 0.3 is 0 Å². The summed E-state index contributed by atoms with van der Waals surface area (Å²) in [5.41, 5.74) is 2.18. The fourth-order valence-electron chi connectivity index (χ4n) is 3.86. The summed E-state index contributed by atoms with van der Waals surface area (Å²) >= 11 is 0. The molecule has 0 unspecified atom stereocenters. The first-order chi connectivity index (χ1) is 13.3. The van der Waals surface area contributed by atoms with Crippen molar-refractivity contribution in [1.29, 1.82) is 0 Å². The first-order valence-corrected chi connectivity index (χ1v) is 10.0. The molecule has 2 aromatic heterocycles. The van der Waals surface area contributed by atoms with Crippen LogP contribution in [0, 0.1) is 6.92 Å². The SMILES string of the molecule is Cc1cc(CN2CCC(Oc3cnccn3)CC2)nc(N2CCCCC2)n1. The second kappa shape index (κ2) is 8.61. The van der Waals surface area contributed by atoms with Crippen LogP contribution in [-0.2, 0) is 6.54 Å². The van der Waals surface area contributed by atoms with Crippen molar-refractivity contribution in [2.45, 2.75) is 51.7 Å². The molecule has 2 aromatic rings. The number of piperidine rings is 2. The number of aryl methyl sites for hydroxylation is 1. The normalized spacial score (nSPS) is 19.2. The highest BCUT2D eigenvalue weighted by atomic mass is 16.5. The molecule has 0 radical (unpaired) electrons. The van der Waals surface area contributed by atoms with Crippen molar-refractivity contribution in [2.24, 2.45) is 0 Å². The molecule has 4 heterocycles. The molecule has 0 atom stereocenters. The van der Waals surface area contributed by atoms with Crippen LogP contribution in [0.4, 0.5) is 5.95 Å². The van der Waals surface area contributed by atoms with Crippen molar-refractivity contribution >= 4 is 5.95 Å². The molecule has 7 heteroatoms. The summed E-state index contributed by atoms with van der Waals surface area (Å²) in [4.78, 5) is 22.6. The van der Waals surface area contributed by atoms with Gasteiger partial charge in [0.15, 0.2) is 0 Å². The van der Waals surface area contributed by atoms with Gasteiger partial charge in [-0.3, -0.25) is 9.88 Å². The van der Waals surface area contributed by atoms with Gasteiger partial charge in [0.05, 0.1) is 11.9 Å². The Hall–Kier alpha value is -2.28. The van der Waals surface area contributed by atoms with Crippen LogP contribution >= 0.6 is 0 Å². The van der Waals surface area contributed by atoms with E-state index in [4.69, 9.17) is 9.72 Å². The van der Waals surface area contributed by atoms with Gasteiger partial charge in [0.1, 0.15) is 6.10 Å². The van der Waals surface area contributed by atoms with Gasteiger partial charge in [-0.05, 0) is 45.1 Å². The maximum absolute atomic E-state index is 5.94. The molecule has 0 N–H and O–H groups in total. The molecule has 2 fully saturated rings. The number of anilines is 1. The molecule has 0 bridgehead atoms. The Morgan fingerprint density at radius 1 is 1.04 bits per heavy atom. The van der Waals surface area contributed by atoms with Crippen molar-refractivity contribution < 1.29 is 4.74 Å². The summed E-state index contributed by atoms with van der Waals surface area (Å²) in [6.07, 6.45) is 11.0. The van der Waals surface area contributed by atoms with Crippen molar-refractivity contribution in [2.75, 3.05) is 31.1 Å². The fraction of sp³-hybridized carbons (Fsp3) is 0.600. The third-order valence-corrected chi connectivity index (χ3v) is 5.28. The van der Waals surface area contributed by atoms with Crippen molar-refractivity contribution in [3.8, 4) is 5.88 Å². The number of likely N-dealkylation sites (tertiary alicyclic amines) is 1. The Balaban J connectivity index is 1.32. The van der Waals surface area contributed by atoms with Crippen molar-refractivity contribution in [3.63, 3.8) is 0 Å². The Labute approximate surface area is 160 Å². The van der Waals surface area contributed by atoms with E-state index in [-0.39, 0.29) is 6.10 Å². The average Bonchev–Trinajstić information content (AvgIpc) is 2.71. The second-order valence-electron chi connectivity index (χ2n) is 7.49. The maximum atomic E-state index is 5.94. The van der Waals surface area contributed by atoms with Gasteiger partial charge in [-0.25, -0.2) is 15.0 Å². The van der Waals surface area contributed by atoms with Gasteiger partial charge in [0.2, 0.25) is 11.8 Å². The van der Waals surface area contributed by atoms with E-state index in [1.54, 1.807) is 18.6 Å². The summed E-state index contributed by atoms with van der Waals surface area (Å²) in [6.45, 7) is 7.11. The zero-order chi connectivity index (χ0) is 18.5. The molecule has 0 saturated carbocycles. The molecule has 0 spiro atoms. The first kappa shape index (κ1) is 18.1. The number of hydrogen-bond acceptors (Lipinski definition) is 7. The fourth-order valence-corrected chi connectivity index (χ4v) is 3.86. The standard InChI is InChI=1S/C20H28N6O/c1-16-13-17(24-20(23-16)26-9-3-2-4-10-26)15-25-11-5-18(6-12-25)27-19-14-21-7-8-22-19/h7-8,13-14,18H,2-6,9-12,15H2,1H3. The smallest absolute Gasteiger partial charge is 0.232 e. The van der Waals surface area contributed by atoms with E-state index < -0.39 is 0 Å². The molecule has 2 aliphatic rings. The molecule has 2 aliphatic heterocycles. The summed E-state index contributed by atoms with van der Waals surface area (Å²) in [5, 5.41) is 0. The predicted molar refractivity (Wildman–Crippen MR) is 104 cm³/mol. The third-order valence-electron chi connectivity index (χ3n) is 5.28. The van der Waals surface area contributed by atoms with Crippen LogP contribution in [0.5, 0.6) is 5.88 Å².